The summed E-state index contributed by atoms with van der Waals surface area (Å²) in [6, 6.07) is 10.6. The Balaban J connectivity index is 0.00000624. The van der Waals surface area contributed by atoms with Gasteiger partial charge in [-0.3, -0.25) is 28.8 Å². The molecule has 0 saturated carbocycles. The molecule has 416 valence electrons. The summed E-state index contributed by atoms with van der Waals surface area (Å²) in [5, 5.41) is 41.2. The van der Waals surface area contributed by atoms with Crippen molar-refractivity contribution < 1.29 is 28.8 Å². The molecule has 8 atom stereocenters. The maximum Gasteiger partial charge on any atom is 0.243 e. The van der Waals surface area contributed by atoms with Crippen LogP contribution in [0.3, 0.4) is 0 Å². The standard InChI is InChI=1S/C54H78N14O6.2ClH/c1-33(55-9)47(69)61-45(53(3,4)5)51(73)59-43(49(71)57-41-25-17-21-35-19-11-13-23-39(35)41)29-37-31-67(65-63-37)27-15-16-28-68-32-38(64-66-68)30-44(50(72)58-42-26-18-22-36-20-12-14-24-40(36)42)60-52(74)46(54(6,7)8)62-48(70)34(2)56-10;;/h11-16,19-20,23-24,31-34,41-46,55-56H,17-18,21-22,25-30H2,1-10H3,(H,57,71)(H,58,72)(H,59,73)(H,60,74)(H,61,69)(H,62,70);2*1H/b16-15-;;/t33-,34-,41+,42+,43-,44-,45+,46?;;/m0../s1. The van der Waals surface area contributed by atoms with E-state index in [2.05, 4.69) is 75.3 Å². The van der Waals surface area contributed by atoms with Crippen LogP contribution in [-0.4, -0.2) is 116 Å². The lowest BCUT2D eigenvalue weighted by atomic mass is 9.85. The number of carbonyl (C=O) groups is 6. The fourth-order valence-corrected chi connectivity index (χ4v) is 9.25. The number of halogens is 2. The fourth-order valence-electron chi connectivity index (χ4n) is 9.25. The number of allylic oxidation sites excluding steroid dienone is 2. The zero-order valence-corrected chi connectivity index (χ0v) is 47.2. The molecular weight excluding hydrogens is 1010 g/mol. The highest BCUT2D eigenvalue weighted by molar-refractivity contribution is 5.95. The first-order chi connectivity index (χ1) is 35.1. The van der Waals surface area contributed by atoms with Crippen molar-refractivity contribution in [1.82, 2.24) is 72.5 Å². The number of hydrogen-bond donors (Lipinski definition) is 8. The van der Waals surface area contributed by atoms with Gasteiger partial charge in [0.1, 0.15) is 24.2 Å². The van der Waals surface area contributed by atoms with Crippen molar-refractivity contribution in [3.8, 4) is 0 Å². The highest BCUT2D eigenvalue weighted by Gasteiger charge is 2.38. The Hall–Kier alpha value is -6.22. The summed E-state index contributed by atoms with van der Waals surface area (Å²) < 4.78 is 3.24. The van der Waals surface area contributed by atoms with Gasteiger partial charge in [-0.1, -0.05) is 113 Å². The number of aromatic nitrogens is 6. The van der Waals surface area contributed by atoms with Crippen molar-refractivity contribution in [1.29, 1.82) is 0 Å². The first kappa shape index (κ1) is 62.3. The summed E-state index contributed by atoms with van der Waals surface area (Å²) in [6.45, 7) is 15.2. The van der Waals surface area contributed by atoms with E-state index in [9.17, 15) is 28.8 Å². The molecule has 2 aliphatic rings. The lowest BCUT2D eigenvalue weighted by Gasteiger charge is -2.33. The molecule has 1 unspecified atom stereocenters. The third-order valence-corrected chi connectivity index (χ3v) is 13.9. The van der Waals surface area contributed by atoms with Crippen molar-refractivity contribution in [2.45, 2.75) is 168 Å². The smallest absolute Gasteiger partial charge is 0.243 e. The minimum atomic E-state index is -1.03. The Morgan fingerprint density at radius 1 is 0.566 bits per heavy atom. The van der Waals surface area contributed by atoms with E-state index in [4.69, 9.17) is 0 Å². The molecule has 0 saturated heterocycles. The van der Waals surface area contributed by atoms with Crippen LogP contribution in [0.25, 0.3) is 0 Å². The lowest BCUT2D eigenvalue weighted by Crippen LogP contribution is -2.60. The predicted molar refractivity (Wildman–Crippen MR) is 295 cm³/mol. The van der Waals surface area contributed by atoms with Gasteiger partial charge in [0, 0.05) is 25.2 Å². The molecule has 0 fully saturated rings. The fraction of sp³-hybridized carbons (Fsp3) is 0.556. The van der Waals surface area contributed by atoms with Gasteiger partial charge in [0.2, 0.25) is 35.4 Å². The molecule has 2 aromatic heterocycles. The van der Waals surface area contributed by atoms with Gasteiger partial charge >= 0.3 is 0 Å². The quantitative estimate of drug-likeness (QED) is 0.0525. The Morgan fingerprint density at radius 3 is 1.29 bits per heavy atom. The van der Waals surface area contributed by atoms with Crippen LogP contribution < -0.4 is 42.5 Å². The molecule has 2 heterocycles. The second-order valence-electron chi connectivity index (χ2n) is 21.8. The van der Waals surface area contributed by atoms with Gasteiger partial charge in [-0.2, -0.15) is 0 Å². The Morgan fingerprint density at radius 2 is 0.934 bits per heavy atom. The number of amides is 6. The van der Waals surface area contributed by atoms with E-state index in [-0.39, 0.29) is 73.4 Å². The summed E-state index contributed by atoms with van der Waals surface area (Å²) in [6.07, 6.45) is 12.5. The van der Waals surface area contributed by atoms with Crippen LogP contribution in [-0.2, 0) is 67.5 Å². The summed E-state index contributed by atoms with van der Waals surface area (Å²) in [5.41, 5.74) is 4.08. The van der Waals surface area contributed by atoms with Crippen LogP contribution in [0.15, 0.2) is 73.1 Å². The van der Waals surface area contributed by atoms with Crippen LogP contribution in [0.5, 0.6) is 0 Å². The van der Waals surface area contributed by atoms with Crippen LogP contribution in [0.2, 0.25) is 0 Å². The van der Waals surface area contributed by atoms with Crippen LogP contribution in [0.4, 0.5) is 0 Å². The van der Waals surface area contributed by atoms with Crippen LogP contribution in [0, 0.1) is 10.8 Å². The second-order valence-corrected chi connectivity index (χ2v) is 21.8. The molecule has 22 heteroatoms. The van der Waals surface area contributed by atoms with Gasteiger partial charge in [-0.05, 0) is 99.6 Å². The van der Waals surface area contributed by atoms with Crippen LogP contribution >= 0.6 is 24.8 Å². The SMILES string of the molecule is CN[C@@H](C)C(=O)NC(C(=O)N[C@@H](Cc1cn(C/C=C\Cn2cc(C[C@H](NC(=O)[C@@H](NC(=O)[C@H](C)NC)C(C)(C)C)C(=O)N[C@@H]3CCCc4ccccc43)nn2)nn1)C(=O)N[C@@H]1CCCc2ccccc21)C(C)(C)C.Cl.Cl. The van der Waals surface area contributed by atoms with Gasteiger partial charge in [0.05, 0.1) is 48.6 Å². The van der Waals surface area contributed by atoms with Crippen molar-refractivity contribution in [2.75, 3.05) is 14.1 Å². The van der Waals surface area contributed by atoms with Crippen molar-refractivity contribution >= 4 is 60.3 Å². The molecular formula is C54H80Cl2N14O6. The number of hydrogen-bond acceptors (Lipinski definition) is 12. The topological polar surface area (TPSA) is 260 Å². The molecule has 6 rings (SSSR count). The lowest BCUT2D eigenvalue weighted by molar-refractivity contribution is -0.135. The van der Waals surface area contributed by atoms with E-state index >= 15 is 0 Å². The van der Waals surface area contributed by atoms with E-state index in [1.54, 1.807) is 49.7 Å². The molecule has 2 aliphatic carbocycles. The number of fused-ring (bicyclic) bond motifs is 2. The molecule has 0 radical (unpaired) electrons. The van der Waals surface area contributed by atoms with Gasteiger partial charge in [0.15, 0.2) is 0 Å². The molecule has 2 aromatic carbocycles. The molecule has 20 nitrogen and oxygen atoms in total. The average molecular weight is 1090 g/mol. The highest BCUT2D eigenvalue weighted by Crippen LogP contribution is 2.31. The average Bonchev–Trinajstić information content (AvgIpc) is 4.03. The summed E-state index contributed by atoms with van der Waals surface area (Å²) in [5.74, 6) is -2.40. The number of likely N-dealkylation sites (N-methyl/N-ethyl adjacent to an activating group) is 2. The zero-order valence-electron chi connectivity index (χ0n) is 45.6. The molecule has 76 heavy (non-hydrogen) atoms. The minimum Gasteiger partial charge on any atom is -0.347 e. The van der Waals surface area contributed by atoms with Gasteiger partial charge in [0.25, 0.3) is 0 Å². The monoisotopic (exact) mass is 1090 g/mol. The van der Waals surface area contributed by atoms with E-state index in [1.165, 1.54) is 11.1 Å². The Kier molecular flexibility index (Phi) is 23.2. The van der Waals surface area contributed by atoms with Crippen molar-refractivity contribution in [3.63, 3.8) is 0 Å². The first-order valence-corrected chi connectivity index (χ1v) is 25.9. The number of benzene rings is 2. The first-order valence-electron chi connectivity index (χ1n) is 25.9. The van der Waals surface area contributed by atoms with Crippen LogP contribution in [0.1, 0.15) is 127 Å². The summed E-state index contributed by atoms with van der Waals surface area (Å²) in [4.78, 5) is 82.4. The van der Waals surface area contributed by atoms with Crippen molar-refractivity contribution in [2.24, 2.45) is 10.8 Å². The van der Waals surface area contributed by atoms with E-state index in [0.29, 0.717) is 24.5 Å². The van der Waals surface area contributed by atoms with Crippen molar-refractivity contribution in [3.05, 3.63) is 107 Å². The Labute approximate surface area is 459 Å². The predicted octanol–water partition coefficient (Wildman–Crippen LogP) is 3.69. The molecule has 0 spiro atoms. The summed E-state index contributed by atoms with van der Waals surface area (Å²) in [7, 11) is 3.33. The zero-order chi connectivity index (χ0) is 53.7. The maximum atomic E-state index is 14.2. The number of carbonyl (C=O) groups excluding carboxylic acids is 6. The second kappa shape index (κ2) is 28.2. The summed E-state index contributed by atoms with van der Waals surface area (Å²) >= 11 is 0. The number of rotatable bonds is 22. The van der Waals surface area contributed by atoms with E-state index in [0.717, 1.165) is 49.7 Å². The third kappa shape index (κ3) is 17.1. The van der Waals surface area contributed by atoms with Gasteiger partial charge in [-0.15, -0.1) is 35.0 Å². The maximum absolute atomic E-state index is 14.2. The number of nitrogens with one attached hydrogen (secondary N) is 8. The molecule has 0 bridgehead atoms. The minimum absolute atomic E-state index is 0. The van der Waals surface area contributed by atoms with E-state index in [1.807, 2.05) is 90.1 Å². The molecule has 6 amide bonds. The third-order valence-electron chi connectivity index (χ3n) is 13.9. The van der Waals surface area contributed by atoms with E-state index < -0.39 is 58.9 Å². The number of aryl methyl sites for hydroxylation is 2. The molecule has 8 N–H and O–H groups in total. The molecule has 0 aliphatic heterocycles. The van der Waals surface area contributed by atoms with Gasteiger partial charge in [-0.25, -0.2) is 9.36 Å². The Bertz CT molecular complexity index is 2450. The largest absolute Gasteiger partial charge is 0.347 e. The molecule has 4 aromatic rings. The highest BCUT2D eigenvalue weighted by atomic mass is 35.5. The normalized spacial score (nSPS) is 17.6. The van der Waals surface area contributed by atoms with Gasteiger partial charge < -0.3 is 42.5 Å². The number of nitrogens with zero attached hydrogens (tertiary/aromatic N) is 6.